The zero-order chi connectivity index (χ0) is 17.6. The second kappa shape index (κ2) is 7.74. The third kappa shape index (κ3) is 4.40. The van der Waals surface area contributed by atoms with Crippen LogP contribution < -0.4 is 11.5 Å². The number of benzene rings is 2. The van der Waals surface area contributed by atoms with E-state index in [4.69, 9.17) is 16.6 Å². The fourth-order valence-corrected chi connectivity index (χ4v) is 1.53. The average Bonchev–Trinajstić information content (AvgIpc) is 2.52. The van der Waals surface area contributed by atoms with Crippen molar-refractivity contribution >= 4 is 23.3 Å². The molecular formula is C15H14F2N2O4. The molecule has 0 bridgehead atoms. The summed E-state index contributed by atoms with van der Waals surface area (Å²) in [6.45, 7) is 0. The summed E-state index contributed by atoms with van der Waals surface area (Å²) in [5.41, 5.74) is 9.61. The van der Waals surface area contributed by atoms with E-state index in [-0.39, 0.29) is 16.9 Å². The molecule has 5 N–H and O–H groups in total. The largest absolute Gasteiger partial charge is 0.478 e. The van der Waals surface area contributed by atoms with Crippen LogP contribution in [0.25, 0.3) is 0 Å². The number of carboxylic acid groups (broad SMARTS) is 1. The Kier molecular flexibility index (Phi) is 6.02. The molecule has 0 aliphatic carbocycles. The molecule has 122 valence electrons. The van der Waals surface area contributed by atoms with E-state index in [1.807, 2.05) is 0 Å². The zero-order valence-corrected chi connectivity index (χ0v) is 12.0. The van der Waals surface area contributed by atoms with Gasteiger partial charge in [0, 0.05) is 0 Å². The summed E-state index contributed by atoms with van der Waals surface area (Å²) in [7, 11) is 1.19. The van der Waals surface area contributed by atoms with Gasteiger partial charge >= 0.3 is 11.9 Å². The Morgan fingerprint density at radius 1 is 0.957 bits per heavy atom. The summed E-state index contributed by atoms with van der Waals surface area (Å²) >= 11 is 0. The molecule has 0 unspecified atom stereocenters. The van der Waals surface area contributed by atoms with Gasteiger partial charge in [-0.15, -0.1) is 0 Å². The molecule has 0 amide bonds. The topological polar surface area (TPSA) is 116 Å². The summed E-state index contributed by atoms with van der Waals surface area (Å²) in [6.07, 6.45) is 0. The van der Waals surface area contributed by atoms with Gasteiger partial charge in [-0.2, -0.15) is 0 Å². The first-order chi connectivity index (χ1) is 10.8. The van der Waals surface area contributed by atoms with Gasteiger partial charge in [0.05, 0.1) is 29.6 Å². The highest BCUT2D eigenvalue weighted by Gasteiger charge is 2.13. The molecule has 0 saturated carbocycles. The van der Waals surface area contributed by atoms with E-state index in [1.165, 1.54) is 37.4 Å². The highest BCUT2D eigenvalue weighted by atomic mass is 19.1. The SMILES string of the molecule is COC(=O)c1cccc(N)c1F.Nc1cccc(C(=O)O)c1F. The van der Waals surface area contributed by atoms with Crippen LogP contribution in [0.2, 0.25) is 0 Å². The molecule has 23 heavy (non-hydrogen) atoms. The van der Waals surface area contributed by atoms with Crippen molar-refractivity contribution in [2.24, 2.45) is 0 Å². The van der Waals surface area contributed by atoms with Crippen molar-refractivity contribution in [1.29, 1.82) is 0 Å². The number of carbonyl (C=O) groups is 2. The Bertz CT molecular complexity index is 735. The van der Waals surface area contributed by atoms with Crippen molar-refractivity contribution < 1.29 is 28.2 Å². The number of rotatable bonds is 2. The molecule has 0 heterocycles. The maximum atomic E-state index is 13.0. The van der Waals surface area contributed by atoms with Gasteiger partial charge in [-0.05, 0) is 24.3 Å². The predicted octanol–water partition coefficient (Wildman–Crippen LogP) is 2.30. The molecular weight excluding hydrogens is 310 g/mol. The van der Waals surface area contributed by atoms with Crippen LogP contribution in [0.3, 0.4) is 0 Å². The number of carboxylic acids is 1. The van der Waals surface area contributed by atoms with Crippen LogP contribution in [-0.2, 0) is 4.74 Å². The number of methoxy groups -OCH3 is 1. The van der Waals surface area contributed by atoms with Gasteiger partial charge in [-0.1, -0.05) is 12.1 Å². The van der Waals surface area contributed by atoms with Crippen molar-refractivity contribution in [3.8, 4) is 0 Å². The molecule has 2 aromatic carbocycles. The number of aromatic carboxylic acids is 1. The van der Waals surface area contributed by atoms with E-state index in [0.717, 1.165) is 6.07 Å². The van der Waals surface area contributed by atoms with Crippen molar-refractivity contribution in [2.45, 2.75) is 0 Å². The third-order valence-corrected chi connectivity index (χ3v) is 2.69. The smallest absolute Gasteiger partial charge is 0.340 e. The Balaban J connectivity index is 0.000000231. The minimum atomic E-state index is -1.31. The van der Waals surface area contributed by atoms with Gasteiger partial charge in [-0.25, -0.2) is 18.4 Å². The van der Waals surface area contributed by atoms with Crippen LogP contribution in [0.4, 0.5) is 20.2 Å². The molecule has 0 spiro atoms. The van der Waals surface area contributed by atoms with Gasteiger partial charge in [0.25, 0.3) is 0 Å². The lowest BCUT2D eigenvalue weighted by Crippen LogP contribution is -2.06. The summed E-state index contributed by atoms with van der Waals surface area (Å²) < 4.78 is 30.1. The highest BCUT2D eigenvalue weighted by molar-refractivity contribution is 5.90. The minimum Gasteiger partial charge on any atom is -0.478 e. The highest BCUT2D eigenvalue weighted by Crippen LogP contribution is 2.15. The van der Waals surface area contributed by atoms with E-state index in [1.54, 1.807) is 0 Å². The number of carbonyl (C=O) groups excluding carboxylic acids is 1. The average molecular weight is 324 g/mol. The molecule has 2 aromatic rings. The normalized spacial score (nSPS) is 9.52. The van der Waals surface area contributed by atoms with Crippen molar-refractivity contribution in [3.63, 3.8) is 0 Å². The molecule has 6 nitrogen and oxygen atoms in total. The lowest BCUT2D eigenvalue weighted by Gasteiger charge is -2.01. The maximum Gasteiger partial charge on any atom is 0.340 e. The van der Waals surface area contributed by atoms with Gasteiger partial charge in [0.1, 0.15) is 0 Å². The standard InChI is InChI=1S/C8H8FNO2.C7H6FNO2/c1-12-8(11)5-3-2-4-6(10)7(5)9;8-6-4(7(10)11)2-1-3-5(6)9/h2-4H,10H2,1H3;1-3H,9H2,(H,10,11). The van der Waals surface area contributed by atoms with E-state index >= 15 is 0 Å². The zero-order valence-electron chi connectivity index (χ0n) is 12.0. The monoisotopic (exact) mass is 324 g/mol. The van der Waals surface area contributed by atoms with Gasteiger partial charge < -0.3 is 21.3 Å². The van der Waals surface area contributed by atoms with Crippen LogP contribution in [0.15, 0.2) is 36.4 Å². The van der Waals surface area contributed by atoms with Crippen LogP contribution in [0.5, 0.6) is 0 Å². The summed E-state index contributed by atoms with van der Waals surface area (Å²) in [5.74, 6) is -3.64. The first kappa shape index (κ1) is 17.9. The van der Waals surface area contributed by atoms with Crippen molar-refractivity contribution in [3.05, 3.63) is 59.2 Å². The number of nitrogen functional groups attached to an aromatic ring is 2. The Morgan fingerprint density at radius 2 is 1.39 bits per heavy atom. The van der Waals surface area contributed by atoms with Crippen LogP contribution in [-0.4, -0.2) is 24.2 Å². The number of hydrogen-bond acceptors (Lipinski definition) is 5. The molecule has 0 saturated heterocycles. The molecule has 0 fully saturated rings. The first-order valence-corrected chi connectivity index (χ1v) is 6.19. The Hall–Kier alpha value is -3.16. The van der Waals surface area contributed by atoms with Gasteiger partial charge in [0.2, 0.25) is 0 Å². The van der Waals surface area contributed by atoms with Crippen LogP contribution in [0.1, 0.15) is 20.7 Å². The van der Waals surface area contributed by atoms with E-state index in [0.29, 0.717) is 0 Å². The summed E-state index contributed by atoms with van der Waals surface area (Å²) in [4.78, 5) is 21.1. The fraction of sp³-hybridized carbons (Fsp3) is 0.0667. The van der Waals surface area contributed by atoms with E-state index in [2.05, 4.69) is 4.74 Å². The van der Waals surface area contributed by atoms with Crippen molar-refractivity contribution in [2.75, 3.05) is 18.6 Å². The van der Waals surface area contributed by atoms with Crippen LogP contribution >= 0.6 is 0 Å². The van der Waals surface area contributed by atoms with Crippen molar-refractivity contribution in [1.82, 2.24) is 0 Å². The predicted molar refractivity (Wildman–Crippen MR) is 79.9 cm³/mol. The van der Waals surface area contributed by atoms with Gasteiger partial charge in [0.15, 0.2) is 11.6 Å². The number of nitrogens with two attached hydrogens (primary N) is 2. The first-order valence-electron chi connectivity index (χ1n) is 6.19. The molecule has 0 aliphatic heterocycles. The number of hydrogen-bond donors (Lipinski definition) is 3. The number of halogens is 2. The second-order valence-corrected chi connectivity index (χ2v) is 4.21. The lowest BCUT2D eigenvalue weighted by molar-refractivity contribution is 0.0594. The van der Waals surface area contributed by atoms with Crippen LogP contribution in [0, 0.1) is 11.6 Å². The lowest BCUT2D eigenvalue weighted by atomic mass is 10.2. The molecule has 8 heteroatoms. The molecule has 0 aromatic heterocycles. The number of esters is 1. The fourth-order valence-electron chi connectivity index (χ4n) is 1.53. The minimum absolute atomic E-state index is 0.0575. The molecule has 2 rings (SSSR count). The Labute approximate surface area is 130 Å². The molecule has 0 radical (unpaired) electrons. The summed E-state index contributed by atoms with van der Waals surface area (Å²) in [6, 6.07) is 8.04. The summed E-state index contributed by atoms with van der Waals surface area (Å²) in [5, 5.41) is 8.39. The second-order valence-electron chi connectivity index (χ2n) is 4.21. The third-order valence-electron chi connectivity index (χ3n) is 2.69. The molecule has 0 aliphatic rings. The maximum absolute atomic E-state index is 13.0. The van der Waals surface area contributed by atoms with Gasteiger partial charge in [-0.3, -0.25) is 0 Å². The Morgan fingerprint density at radius 3 is 1.78 bits per heavy atom. The van der Waals surface area contributed by atoms with E-state index < -0.39 is 29.1 Å². The van der Waals surface area contributed by atoms with E-state index in [9.17, 15) is 18.4 Å². The number of ether oxygens (including phenoxy) is 1. The molecule has 0 atom stereocenters. The quantitative estimate of drug-likeness (QED) is 0.576. The number of anilines is 2.